The summed E-state index contributed by atoms with van der Waals surface area (Å²) >= 11 is 0. The molecule has 2 rings (SSSR count). The number of methoxy groups -OCH3 is 1. The number of hydrogen-bond acceptors (Lipinski definition) is 9. The van der Waals surface area contributed by atoms with E-state index in [0.717, 1.165) is 5.56 Å². The van der Waals surface area contributed by atoms with Crippen molar-refractivity contribution in [2.75, 3.05) is 13.7 Å². The Labute approximate surface area is 163 Å². The van der Waals surface area contributed by atoms with Gasteiger partial charge in [0.15, 0.2) is 12.4 Å². The van der Waals surface area contributed by atoms with Gasteiger partial charge in [-0.3, -0.25) is 9.59 Å². The zero-order valence-electron chi connectivity index (χ0n) is 16.0. The second-order valence-electron chi connectivity index (χ2n) is 6.40. The highest BCUT2D eigenvalue weighted by atomic mass is 16.7. The largest absolute Gasteiger partial charge is 0.462 e. The first-order chi connectivity index (χ1) is 13.3. The number of aliphatic hydroxyl groups is 2. The van der Waals surface area contributed by atoms with Crippen LogP contribution in [0.2, 0.25) is 0 Å². The number of carbonyl (C=O) groups is 2. The van der Waals surface area contributed by atoms with Crippen molar-refractivity contribution in [3.05, 3.63) is 35.9 Å². The van der Waals surface area contributed by atoms with E-state index in [9.17, 15) is 19.8 Å². The first-order valence-electron chi connectivity index (χ1n) is 8.84. The minimum Gasteiger partial charge on any atom is -0.462 e. The van der Waals surface area contributed by atoms with Crippen LogP contribution >= 0.6 is 0 Å². The minimum absolute atomic E-state index is 0.171. The van der Waals surface area contributed by atoms with Crippen LogP contribution in [0.3, 0.4) is 0 Å². The number of rotatable bonds is 8. The number of esters is 2. The van der Waals surface area contributed by atoms with Gasteiger partial charge < -0.3 is 33.9 Å². The number of hydrogen-bond donors (Lipinski definition) is 2. The Morgan fingerprint density at radius 1 is 1.11 bits per heavy atom. The van der Waals surface area contributed by atoms with E-state index in [0.29, 0.717) is 0 Å². The summed E-state index contributed by atoms with van der Waals surface area (Å²) in [7, 11) is 1.36. The molecule has 0 saturated carbocycles. The van der Waals surface area contributed by atoms with E-state index in [1.807, 2.05) is 30.3 Å². The molecule has 0 unspecified atom stereocenters. The fourth-order valence-electron chi connectivity index (χ4n) is 2.91. The van der Waals surface area contributed by atoms with Crippen LogP contribution < -0.4 is 0 Å². The Balaban J connectivity index is 2.10. The van der Waals surface area contributed by atoms with E-state index < -0.39 is 48.7 Å². The monoisotopic (exact) mass is 398 g/mol. The Kier molecular flexibility index (Phi) is 8.34. The molecular formula is C19H26O9. The van der Waals surface area contributed by atoms with Gasteiger partial charge in [-0.1, -0.05) is 30.3 Å². The van der Waals surface area contributed by atoms with Crippen molar-refractivity contribution in [1.82, 2.24) is 0 Å². The van der Waals surface area contributed by atoms with Gasteiger partial charge in [-0.15, -0.1) is 0 Å². The van der Waals surface area contributed by atoms with E-state index in [1.54, 1.807) is 0 Å². The van der Waals surface area contributed by atoms with Crippen LogP contribution in [-0.2, 0) is 39.9 Å². The first kappa shape index (κ1) is 22.3. The maximum absolute atomic E-state index is 11.4. The molecule has 9 nitrogen and oxygen atoms in total. The molecule has 1 aromatic carbocycles. The zero-order valence-corrected chi connectivity index (χ0v) is 16.0. The van der Waals surface area contributed by atoms with Crippen molar-refractivity contribution in [2.24, 2.45) is 0 Å². The quantitative estimate of drug-likeness (QED) is 0.590. The highest BCUT2D eigenvalue weighted by molar-refractivity contribution is 5.67. The fraction of sp³-hybridized carbons (Fsp3) is 0.579. The van der Waals surface area contributed by atoms with Crippen molar-refractivity contribution in [2.45, 2.75) is 57.3 Å². The van der Waals surface area contributed by atoms with Crippen molar-refractivity contribution in [3.8, 4) is 0 Å². The summed E-state index contributed by atoms with van der Waals surface area (Å²) in [4.78, 5) is 22.5. The Bertz CT molecular complexity index is 634. The summed E-state index contributed by atoms with van der Waals surface area (Å²) < 4.78 is 26.6. The summed E-state index contributed by atoms with van der Waals surface area (Å²) in [6.45, 7) is 2.20. The lowest BCUT2D eigenvalue weighted by Gasteiger charge is -2.43. The average molecular weight is 398 g/mol. The molecule has 0 amide bonds. The van der Waals surface area contributed by atoms with Crippen LogP contribution in [0.25, 0.3) is 0 Å². The third-order valence-electron chi connectivity index (χ3n) is 4.23. The van der Waals surface area contributed by atoms with Crippen LogP contribution in [0.5, 0.6) is 0 Å². The van der Waals surface area contributed by atoms with Crippen LogP contribution in [-0.4, -0.2) is 72.7 Å². The predicted molar refractivity (Wildman–Crippen MR) is 94.9 cm³/mol. The van der Waals surface area contributed by atoms with Crippen molar-refractivity contribution in [3.63, 3.8) is 0 Å². The number of ether oxygens (including phenoxy) is 5. The van der Waals surface area contributed by atoms with Gasteiger partial charge in [-0.05, 0) is 5.56 Å². The predicted octanol–water partition coefficient (Wildman–Crippen LogP) is 0.160. The summed E-state index contributed by atoms with van der Waals surface area (Å²) in [5.41, 5.74) is 0.869. The molecule has 1 heterocycles. The summed E-state index contributed by atoms with van der Waals surface area (Å²) in [6, 6.07) is 9.28. The maximum Gasteiger partial charge on any atom is 0.303 e. The van der Waals surface area contributed by atoms with Gasteiger partial charge in [0.25, 0.3) is 0 Å². The van der Waals surface area contributed by atoms with E-state index in [2.05, 4.69) is 0 Å². The molecule has 156 valence electrons. The van der Waals surface area contributed by atoms with Crippen molar-refractivity contribution < 1.29 is 43.5 Å². The van der Waals surface area contributed by atoms with Gasteiger partial charge in [0.05, 0.1) is 6.61 Å². The Hall–Kier alpha value is -2.04. The van der Waals surface area contributed by atoms with Crippen molar-refractivity contribution in [1.29, 1.82) is 0 Å². The molecule has 0 bridgehead atoms. The SMILES string of the molecule is CO[C@@H]1O[C@H]([C@H](COC(C)=O)OC(C)=O)[C@@H](O)[C@H](O)[C@@H]1OCc1ccccc1. The molecule has 1 aliphatic heterocycles. The number of aliphatic hydroxyl groups excluding tert-OH is 2. The lowest BCUT2D eigenvalue weighted by molar-refractivity contribution is -0.316. The van der Waals surface area contributed by atoms with Crippen LogP contribution in [0, 0.1) is 0 Å². The Morgan fingerprint density at radius 2 is 1.79 bits per heavy atom. The maximum atomic E-state index is 11.4. The van der Waals surface area contributed by atoms with E-state index >= 15 is 0 Å². The first-order valence-corrected chi connectivity index (χ1v) is 8.84. The highest BCUT2D eigenvalue weighted by Gasteiger charge is 2.49. The normalized spacial score (nSPS) is 28.4. The molecule has 1 aliphatic rings. The smallest absolute Gasteiger partial charge is 0.303 e. The van der Waals surface area contributed by atoms with Gasteiger partial charge in [-0.25, -0.2) is 0 Å². The molecule has 1 aromatic rings. The van der Waals surface area contributed by atoms with E-state index in [1.165, 1.54) is 21.0 Å². The average Bonchev–Trinajstić information content (AvgIpc) is 2.66. The standard InChI is InChI=1S/C19H26O9/c1-11(20)25-10-14(27-12(2)21)17-15(22)16(23)18(19(24-3)28-17)26-9-13-7-5-4-6-8-13/h4-8,14-19,22-23H,9-10H2,1-3H3/t14-,15-,16-,17+,18-,19+/m0/s1. The molecule has 0 radical (unpaired) electrons. The van der Waals surface area contributed by atoms with Crippen molar-refractivity contribution >= 4 is 11.9 Å². The van der Waals surface area contributed by atoms with Crippen LogP contribution in [0.15, 0.2) is 30.3 Å². The molecule has 0 spiro atoms. The van der Waals surface area contributed by atoms with Gasteiger partial charge in [0.1, 0.15) is 31.0 Å². The highest BCUT2D eigenvalue weighted by Crippen LogP contribution is 2.28. The lowest BCUT2D eigenvalue weighted by Crippen LogP contribution is -2.62. The fourth-order valence-corrected chi connectivity index (χ4v) is 2.91. The van der Waals surface area contributed by atoms with Gasteiger partial charge in [0, 0.05) is 21.0 Å². The molecule has 9 heteroatoms. The molecule has 28 heavy (non-hydrogen) atoms. The van der Waals surface area contributed by atoms with E-state index in [-0.39, 0.29) is 13.2 Å². The number of benzene rings is 1. The number of carbonyl (C=O) groups excluding carboxylic acids is 2. The molecule has 2 N–H and O–H groups in total. The summed E-state index contributed by atoms with van der Waals surface area (Å²) in [5, 5.41) is 21.1. The van der Waals surface area contributed by atoms with Gasteiger partial charge in [-0.2, -0.15) is 0 Å². The van der Waals surface area contributed by atoms with Gasteiger partial charge >= 0.3 is 11.9 Å². The third-order valence-corrected chi connectivity index (χ3v) is 4.23. The second kappa shape index (κ2) is 10.5. The molecule has 6 atom stereocenters. The van der Waals surface area contributed by atoms with E-state index in [4.69, 9.17) is 23.7 Å². The lowest BCUT2D eigenvalue weighted by atomic mass is 9.95. The summed E-state index contributed by atoms with van der Waals surface area (Å²) in [5.74, 6) is -1.24. The second-order valence-corrected chi connectivity index (χ2v) is 6.40. The topological polar surface area (TPSA) is 121 Å². The van der Waals surface area contributed by atoms with Crippen LogP contribution in [0.1, 0.15) is 19.4 Å². The van der Waals surface area contributed by atoms with Gasteiger partial charge in [0.2, 0.25) is 0 Å². The molecule has 0 aromatic heterocycles. The molecule has 1 fully saturated rings. The Morgan fingerprint density at radius 3 is 2.36 bits per heavy atom. The third kappa shape index (κ3) is 5.98. The molecular weight excluding hydrogens is 372 g/mol. The van der Waals surface area contributed by atoms with Crippen LogP contribution in [0.4, 0.5) is 0 Å². The molecule has 1 saturated heterocycles. The summed E-state index contributed by atoms with van der Waals surface area (Å²) in [6.07, 6.45) is -7.18. The zero-order chi connectivity index (χ0) is 20.7. The molecule has 0 aliphatic carbocycles. The minimum atomic E-state index is -1.47.